The van der Waals surface area contributed by atoms with Crippen molar-refractivity contribution < 1.29 is 14.7 Å². The minimum Gasteiger partial charge on any atom is -0.478 e. The van der Waals surface area contributed by atoms with Gasteiger partial charge in [-0.3, -0.25) is 0 Å². The summed E-state index contributed by atoms with van der Waals surface area (Å²) in [6.07, 6.45) is 3.45. The fraction of sp³-hybridized carbons (Fsp3) is 0.429. The summed E-state index contributed by atoms with van der Waals surface area (Å²) in [5.74, 6) is -0.343. The average molecular weight is 341 g/mol. The van der Waals surface area contributed by atoms with Crippen LogP contribution in [0.5, 0.6) is 0 Å². The van der Waals surface area contributed by atoms with Crippen molar-refractivity contribution in [3.05, 3.63) is 28.2 Å². The first-order valence-corrected chi connectivity index (χ1v) is 7.35. The number of rotatable bonds is 5. The Bertz CT molecular complexity index is 529. The Kier molecular flexibility index (Phi) is 4.65. The minimum absolute atomic E-state index is 0.0678. The van der Waals surface area contributed by atoms with E-state index in [0.29, 0.717) is 4.47 Å². The monoisotopic (exact) mass is 340 g/mol. The van der Waals surface area contributed by atoms with Gasteiger partial charge in [0.15, 0.2) is 0 Å². The summed E-state index contributed by atoms with van der Waals surface area (Å²) in [6.45, 7) is 1.96. The normalized spacial score (nSPS) is 15.5. The summed E-state index contributed by atoms with van der Waals surface area (Å²) in [5.41, 5.74) is 0.348. The lowest BCUT2D eigenvalue weighted by Crippen LogP contribution is -2.36. The number of carboxylic acids is 1. The molecule has 0 saturated heterocycles. The topological polar surface area (TPSA) is 78.4 Å². The number of anilines is 1. The van der Waals surface area contributed by atoms with Gasteiger partial charge in [0.25, 0.3) is 0 Å². The predicted octanol–water partition coefficient (Wildman–Crippen LogP) is 3.46. The van der Waals surface area contributed by atoms with Crippen LogP contribution in [0.1, 0.15) is 36.5 Å². The van der Waals surface area contributed by atoms with Crippen LogP contribution < -0.4 is 10.6 Å². The average Bonchev–Trinajstić information content (AvgIpc) is 3.11. The second kappa shape index (κ2) is 6.26. The van der Waals surface area contributed by atoms with Crippen molar-refractivity contribution in [2.75, 3.05) is 5.32 Å². The Morgan fingerprint density at radius 3 is 2.75 bits per heavy atom. The molecule has 108 valence electrons. The second-order valence-corrected chi connectivity index (χ2v) is 6.09. The first-order valence-electron chi connectivity index (χ1n) is 6.56. The Morgan fingerprint density at radius 2 is 2.15 bits per heavy atom. The maximum atomic E-state index is 11.9. The van der Waals surface area contributed by atoms with E-state index in [0.717, 1.165) is 12.3 Å². The first-order chi connectivity index (χ1) is 9.45. The van der Waals surface area contributed by atoms with Gasteiger partial charge < -0.3 is 15.7 Å². The van der Waals surface area contributed by atoms with Gasteiger partial charge in [-0.25, -0.2) is 9.59 Å². The fourth-order valence-corrected chi connectivity index (χ4v) is 2.46. The maximum absolute atomic E-state index is 11.9. The molecule has 6 heteroatoms. The molecule has 0 spiro atoms. The van der Waals surface area contributed by atoms with Gasteiger partial charge in [0, 0.05) is 10.5 Å². The van der Waals surface area contributed by atoms with Gasteiger partial charge in [0.05, 0.1) is 11.3 Å². The van der Waals surface area contributed by atoms with E-state index in [-0.39, 0.29) is 23.3 Å². The van der Waals surface area contributed by atoms with Crippen molar-refractivity contribution in [2.24, 2.45) is 5.92 Å². The minimum atomic E-state index is -1.07. The second-order valence-electron chi connectivity index (χ2n) is 5.17. The van der Waals surface area contributed by atoms with Gasteiger partial charge in [-0.2, -0.15) is 0 Å². The van der Waals surface area contributed by atoms with E-state index < -0.39 is 5.97 Å². The summed E-state index contributed by atoms with van der Waals surface area (Å²) in [7, 11) is 0. The molecular weight excluding hydrogens is 324 g/mol. The lowest BCUT2D eigenvalue weighted by Gasteiger charge is -2.15. The molecule has 0 bridgehead atoms. The first kappa shape index (κ1) is 14.8. The van der Waals surface area contributed by atoms with Crippen molar-refractivity contribution in [1.29, 1.82) is 0 Å². The number of carboxylic acid groups (broad SMARTS) is 1. The summed E-state index contributed by atoms with van der Waals surface area (Å²) in [4.78, 5) is 23.0. The number of benzene rings is 1. The van der Waals surface area contributed by atoms with E-state index in [1.54, 1.807) is 12.1 Å². The number of hydrogen-bond acceptors (Lipinski definition) is 2. The fourth-order valence-electron chi connectivity index (χ4n) is 2.10. The van der Waals surface area contributed by atoms with Crippen LogP contribution >= 0.6 is 15.9 Å². The molecule has 1 unspecified atom stereocenters. The quantitative estimate of drug-likeness (QED) is 0.767. The smallest absolute Gasteiger partial charge is 0.337 e. The molecule has 1 atom stereocenters. The van der Waals surface area contributed by atoms with Gasteiger partial charge >= 0.3 is 12.0 Å². The highest BCUT2D eigenvalue weighted by Gasteiger charge is 2.24. The summed E-state index contributed by atoms with van der Waals surface area (Å²) in [6, 6.07) is 4.37. The SMILES string of the molecule is CC(CC1CC1)NC(=O)Nc1cc(Br)ccc1C(=O)O. The van der Waals surface area contributed by atoms with Crippen molar-refractivity contribution in [1.82, 2.24) is 5.32 Å². The van der Waals surface area contributed by atoms with Crippen molar-refractivity contribution in [3.8, 4) is 0 Å². The standard InChI is InChI=1S/C14H17BrN2O3/c1-8(6-9-2-3-9)16-14(20)17-12-7-10(15)4-5-11(12)13(18)19/h4-5,7-9H,2-3,6H2,1H3,(H,18,19)(H2,16,17,20). The molecule has 1 fully saturated rings. The summed E-state index contributed by atoms with van der Waals surface area (Å²) < 4.78 is 0.712. The van der Waals surface area contributed by atoms with Crippen molar-refractivity contribution in [3.63, 3.8) is 0 Å². The Labute approximate surface area is 125 Å². The highest BCUT2D eigenvalue weighted by Crippen LogP contribution is 2.33. The molecule has 5 nitrogen and oxygen atoms in total. The molecule has 2 rings (SSSR count). The van der Waals surface area contributed by atoms with Crippen molar-refractivity contribution in [2.45, 2.75) is 32.2 Å². The van der Waals surface area contributed by atoms with Gasteiger partial charge in [-0.1, -0.05) is 28.8 Å². The van der Waals surface area contributed by atoms with E-state index >= 15 is 0 Å². The molecule has 1 aliphatic rings. The lowest BCUT2D eigenvalue weighted by atomic mass is 10.1. The van der Waals surface area contributed by atoms with Gasteiger partial charge in [-0.05, 0) is 37.5 Å². The number of carbonyl (C=O) groups excluding carboxylic acids is 1. The largest absolute Gasteiger partial charge is 0.478 e. The van der Waals surface area contributed by atoms with E-state index in [1.165, 1.54) is 18.9 Å². The molecule has 0 heterocycles. The third kappa shape index (κ3) is 4.23. The van der Waals surface area contributed by atoms with Crippen molar-refractivity contribution >= 4 is 33.6 Å². The van der Waals surface area contributed by atoms with Gasteiger partial charge in [0.1, 0.15) is 0 Å². The van der Waals surface area contributed by atoms with E-state index in [1.807, 2.05) is 6.92 Å². The van der Waals surface area contributed by atoms with Crippen LogP contribution in [-0.2, 0) is 0 Å². The van der Waals surface area contributed by atoms with Crippen LogP contribution in [0.3, 0.4) is 0 Å². The Balaban J connectivity index is 1.98. The highest BCUT2D eigenvalue weighted by atomic mass is 79.9. The van der Waals surface area contributed by atoms with E-state index in [4.69, 9.17) is 5.11 Å². The molecule has 0 aliphatic heterocycles. The number of nitrogens with one attached hydrogen (secondary N) is 2. The molecule has 2 amide bonds. The number of carbonyl (C=O) groups is 2. The van der Waals surface area contributed by atoms with Gasteiger partial charge in [0.2, 0.25) is 0 Å². The number of halogens is 1. The zero-order chi connectivity index (χ0) is 14.7. The van der Waals surface area contributed by atoms with Crippen LogP contribution in [0, 0.1) is 5.92 Å². The van der Waals surface area contributed by atoms with Gasteiger partial charge in [-0.15, -0.1) is 0 Å². The molecule has 20 heavy (non-hydrogen) atoms. The Morgan fingerprint density at radius 1 is 1.45 bits per heavy atom. The molecule has 1 aliphatic carbocycles. The number of aromatic carboxylic acids is 1. The number of amides is 2. The Hall–Kier alpha value is -1.56. The summed E-state index contributed by atoms with van der Waals surface area (Å²) >= 11 is 3.26. The third-order valence-corrected chi connectivity index (χ3v) is 3.71. The molecule has 0 radical (unpaired) electrons. The van der Waals surface area contributed by atoms with Crippen LogP contribution in [0.4, 0.5) is 10.5 Å². The zero-order valence-corrected chi connectivity index (χ0v) is 12.7. The zero-order valence-electron chi connectivity index (χ0n) is 11.1. The van der Waals surface area contributed by atoms with E-state index in [2.05, 4.69) is 26.6 Å². The molecular formula is C14H17BrN2O3. The van der Waals surface area contributed by atoms with Crippen LogP contribution in [-0.4, -0.2) is 23.1 Å². The van der Waals surface area contributed by atoms with Crippen LogP contribution in [0.15, 0.2) is 22.7 Å². The molecule has 1 saturated carbocycles. The predicted molar refractivity (Wildman–Crippen MR) is 80.1 cm³/mol. The summed E-state index contributed by atoms with van der Waals surface area (Å²) in [5, 5.41) is 14.5. The third-order valence-electron chi connectivity index (χ3n) is 3.22. The molecule has 0 aromatic heterocycles. The maximum Gasteiger partial charge on any atom is 0.337 e. The molecule has 3 N–H and O–H groups in total. The van der Waals surface area contributed by atoms with Crippen LogP contribution in [0.25, 0.3) is 0 Å². The molecule has 1 aromatic rings. The van der Waals surface area contributed by atoms with E-state index in [9.17, 15) is 9.59 Å². The number of hydrogen-bond donors (Lipinski definition) is 3. The lowest BCUT2D eigenvalue weighted by molar-refractivity contribution is 0.0698. The van der Waals surface area contributed by atoms with Crippen LogP contribution in [0.2, 0.25) is 0 Å². The molecule has 1 aromatic carbocycles. The number of urea groups is 1. The highest BCUT2D eigenvalue weighted by molar-refractivity contribution is 9.10.